The summed E-state index contributed by atoms with van der Waals surface area (Å²) in [6, 6.07) is 1.86. The van der Waals surface area contributed by atoms with Crippen LogP contribution in [0.15, 0.2) is 6.07 Å². The molecule has 0 aromatic carbocycles. The molecule has 8 heteroatoms. The molecule has 2 heterocycles. The van der Waals surface area contributed by atoms with Crippen LogP contribution in [0.5, 0.6) is 0 Å². The largest absolute Gasteiger partial charge is 0.355 e. The number of carbonyl (C=O) groups excluding carboxylic acids is 2. The van der Waals surface area contributed by atoms with Crippen LogP contribution in [0.4, 0.5) is 0 Å². The Bertz CT molecular complexity index is 709. The molecule has 0 aliphatic rings. The Hall–Kier alpha value is -2.51. The number of nitrogens with one attached hydrogen (secondary N) is 1. The number of aryl methyl sites for hydroxylation is 2. The number of likely N-dealkylation sites (N-methyl/N-ethyl adjacent to an activating group) is 2. The fourth-order valence-electron chi connectivity index (χ4n) is 2.15. The van der Waals surface area contributed by atoms with Crippen molar-refractivity contribution in [3.63, 3.8) is 0 Å². The van der Waals surface area contributed by atoms with E-state index in [0.717, 1.165) is 11.4 Å². The van der Waals surface area contributed by atoms with E-state index in [4.69, 9.17) is 0 Å². The first kappa shape index (κ1) is 15.9. The van der Waals surface area contributed by atoms with Gasteiger partial charge in [-0.2, -0.15) is 4.98 Å². The highest BCUT2D eigenvalue weighted by molar-refractivity contribution is 5.93. The molecule has 2 amide bonds. The van der Waals surface area contributed by atoms with Crippen molar-refractivity contribution in [2.24, 2.45) is 0 Å². The molecule has 0 bridgehead atoms. The SMILES string of the molecule is CCNC(=O)CN(CC)C(=O)c1nc2nc(C)cc(C)n2n1. The number of hydrogen-bond acceptors (Lipinski definition) is 5. The van der Waals surface area contributed by atoms with Crippen LogP contribution in [0.3, 0.4) is 0 Å². The standard InChI is InChI=1S/C14H20N6O2/c1-5-15-11(21)8-19(6-2)13(22)12-17-14-16-9(3)7-10(4)20(14)18-12/h7H,5-6,8H2,1-4H3,(H,15,21). The van der Waals surface area contributed by atoms with E-state index in [1.807, 2.05) is 26.8 Å². The number of fused-ring (bicyclic) bond motifs is 1. The van der Waals surface area contributed by atoms with Crippen LogP contribution in [-0.2, 0) is 4.79 Å². The fraction of sp³-hybridized carbons (Fsp3) is 0.500. The van der Waals surface area contributed by atoms with E-state index in [2.05, 4.69) is 20.4 Å². The Balaban J connectivity index is 2.27. The molecular weight excluding hydrogens is 284 g/mol. The second-order valence-electron chi connectivity index (χ2n) is 4.96. The first-order valence-corrected chi connectivity index (χ1v) is 7.23. The van der Waals surface area contributed by atoms with Gasteiger partial charge in [0.05, 0.1) is 6.54 Å². The van der Waals surface area contributed by atoms with Gasteiger partial charge in [0.1, 0.15) is 0 Å². The summed E-state index contributed by atoms with van der Waals surface area (Å²) in [5.74, 6) is -0.148. The summed E-state index contributed by atoms with van der Waals surface area (Å²) in [4.78, 5) is 34.0. The monoisotopic (exact) mass is 304 g/mol. The molecule has 0 spiro atoms. The van der Waals surface area contributed by atoms with Crippen molar-refractivity contribution in [2.75, 3.05) is 19.6 Å². The first-order valence-electron chi connectivity index (χ1n) is 7.23. The van der Waals surface area contributed by atoms with Gasteiger partial charge in [0.25, 0.3) is 11.7 Å². The lowest BCUT2D eigenvalue weighted by atomic mass is 10.4. The number of aromatic nitrogens is 4. The van der Waals surface area contributed by atoms with Gasteiger partial charge in [-0.05, 0) is 33.8 Å². The van der Waals surface area contributed by atoms with Crippen LogP contribution in [-0.4, -0.2) is 55.9 Å². The maximum absolute atomic E-state index is 12.5. The van der Waals surface area contributed by atoms with E-state index in [1.165, 1.54) is 9.42 Å². The summed E-state index contributed by atoms with van der Waals surface area (Å²) in [5, 5.41) is 6.86. The van der Waals surface area contributed by atoms with Crippen LogP contribution < -0.4 is 5.32 Å². The lowest BCUT2D eigenvalue weighted by Gasteiger charge is -2.18. The molecule has 2 rings (SSSR count). The minimum absolute atomic E-state index is 0.00976. The summed E-state index contributed by atoms with van der Waals surface area (Å²) in [5.41, 5.74) is 1.66. The molecule has 0 radical (unpaired) electrons. The topological polar surface area (TPSA) is 92.5 Å². The van der Waals surface area contributed by atoms with Crippen LogP contribution in [0.1, 0.15) is 35.9 Å². The van der Waals surface area contributed by atoms with Crippen molar-refractivity contribution in [3.8, 4) is 0 Å². The highest BCUT2D eigenvalue weighted by Gasteiger charge is 2.22. The van der Waals surface area contributed by atoms with Crippen molar-refractivity contribution >= 4 is 17.6 Å². The van der Waals surface area contributed by atoms with Gasteiger partial charge >= 0.3 is 0 Å². The molecule has 2 aromatic heterocycles. The molecule has 0 saturated carbocycles. The quantitative estimate of drug-likeness (QED) is 0.860. The second-order valence-corrected chi connectivity index (χ2v) is 4.96. The van der Waals surface area contributed by atoms with Crippen molar-refractivity contribution in [1.82, 2.24) is 29.8 Å². The van der Waals surface area contributed by atoms with Crippen LogP contribution in [0.2, 0.25) is 0 Å². The van der Waals surface area contributed by atoms with E-state index >= 15 is 0 Å². The highest BCUT2D eigenvalue weighted by Crippen LogP contribution is 2.07. The van der Waals surface area contributed by atoms with Crippen molar-refractivity contribution < 1.29 is 9.59 Å². The number of carbonyl (C=O) groups is 2. The minimum atomic E-state index is -0.378. The van der Waals surface area contributed by atoms with Gasteiger partial charge in [0.2, 0.25) is 11.7 Å². The Morgan fingerprint density at radius 2 is 2.00 bits per heavy atom. The van der Waals surface area contributed by atoms with Gasteiger partial charge < -0.3 is 10.2 Å². The molecule has 0 aliphatic heterocycles. The zero-order valence-electron chi connectivity index (χ0n) is 13.3. The average molecular weight is 304 g/mol. The molecule has 0 unspecified atom stereocenters. The molecule has 118 valence electrons. The highest BCUT2D eigenvalue weighted by atomic mass is 16.2. The summed E-state index contributed by atoms with van der Waals surface area (Å²) in [7, 11) is 0. The zero-order chi connectivity index (χ0) is 16.3. The third-order valence-electron chi connectivity index (χ3n) is 3.19. The Labute approximate surface area is 128 Å². The third kappa shape index (κ3) is 3.21. The van der Waals surface area contributed by atoms with E-state index in [-0.39, 0.29) is 24.2 Å². The van der Waals surface area contributed by atoms with Gasteiger partial charge in [0.15, 0.2) is 0 Å². The molecule has 0 aliphatic carbocycles. The predicted octanol–water partition coefficient (Wildman–Crippen LogP) is 0.339. The third-order valence-corrected chi connectivity index (χ3v) is 3.19. The molecule has 0 atom stereocenters. The second kappa shape index (κ2) is 6.50. The van der Waals surface area contributed by atoms with Crippen LogP contribution >= 0.6 is 0 Å². The zero-order valence-corrected chi connectivity index (χ0v) is 13.3. The predicted molar refractivity (Wildman–Crippen MR) is 80.5 cm³/mol. The molecule has 22 heavy (non-hydrogen) atoms. The summed E-state index contributed by atoms with van der Waals surface area (Å²) in [6.45, 7) is 8.28. The smallest absolute Gasteiger partial charge is 0.294 e. The number of amides is 2. The summed E-state index contributed by atoms with van der Waals surface area (Å²) >= 11 is 0. The number of nitrogens with zero attached hydrogens (tertiary/aromatic N) is 5. The van der Waals surface area contributed by atoms with Crippen molar-refractivity contribution in [1.29, 1.82) is 0 Å². The fourth-order valence-corrected chi connectivity index (χ4v) is 2.15. The lowest BCUT2D eigenvalue weighted by Crippen LogP contribution is -2.41. The minimum Gasteiger partial charge on any atom is -0.355 e. The van der Waals surface area contributed by atoms with Gasteiger partial charge in [-0.1, -0.05) is 0 Å². The van der Waals surface area contributed by atoms with E-state index < -0.39 is 0 Å². The summed E-state index contributed by atoms with van der Waals surface area (Å²) in [6.07, 6.45) is 0. The normalized spacial score (nSPS) is 10.7. The first-order chi connectivity index (χ1) is 10.5. The van der Waals surface area contributed by atoms with Gasteiger partial charge in [-0.25, -0.2) is 9.50 Å². The van der Waals surface area contributed by atoms with Crippen molar-refractivity contribution in [3.05, 3.63) is 23.3 Å². The van der Waals surface area contributed by atoms with Crippen LogP contribution in [0, 0.1) is 13.8 Å². The Morgan fingerprint density at radius 3 is 2.64 bits per heavy atom. The molecule has 8 nitrogen and oxygen atoms in total. The molecule has 1 N–H and O–H groups in total. The molecular formula is C14H20N6O2. The number of rotatable bonds is 5. The Kier molecular flexibility index (Phi) is 4.69. The maximum Gasteiger partial charge on any atom is 0.294 e. The Morgan fingerprint density at radius 1 is 1.27 bits per heavy atom. The van der Waals surface area contributed by atoms with E-state index in [0.29, 0.717) is 18.9 Å². The van der Waals surface area contributed by atoms with E-state index in [1.54, 1.807) is 6.92 Å². The van der Waals surface area contributed by atoms with Crippen LogP contribution in [0.25, 0.3) is 5.78 Å². The molecule has 0 saturated heterocycles. The maximum atomic E-state index is 12.5. The lowest BCUT2D eigenvalue weighted by molar-refractivity contribution is -0.121. The van der Waals surface area contributed by atoms with Crippen molar-refractivity contribution in [2.45, 2.75) is 27.7 Å². The van der Waals surface area contributed by atoms with Gasteiger partial charge in [-0.3, -0.25) is 9.59 Å². The van der Waals surface area contributed by atoms with Gasteiger partial charge in [0, 0.05) is 24.5 Å². The van der Waals surface area contributed by atoms with E-state index in [9.17, 15) is 9.59 Å². The molecule has 0 fully saturated rings. The number of hydrogen-bond donors (Lipinski definition) is 1. The summed E-state index contributed by atoms with van der Waals surface area (Å²) < 4.78 is 1.53. The average Bonchev–Trinajstić information content (AvgIpc) is 2.88. The van der Waals surface area contributed by atoms with Gasteiger partial charge in [-0.15, -0.1) is 5.10 Å². The molecule has 2 aromatic rings.